The summed E-state index contributed by atoms with van der Waals surface area (Å²) in [4.78, 5) is 25.9. The van der Waals surface area contributed by atoms with Crippen molar-refractivity contribution in [3.63, 3.8) is 0 Å². The summed E-state index contributed by atoms with van der Waals surface area (Å²) in [5.74, 6) is -1.14. The summed E-state index contributed by atoms with van der Waals surface area (Å²) in [5, 5.41) is 27.1. The highest BCUT2D eigenvalue weighted by Crippen LogP contribution is 2.39. The van der Waals surface area contributed by atoms with E-state index >= 15 is 0 Å². The van der Waals surface area contributed by atoms with Gasteiger partial charge in [-0.25, -0.2) is 0 Å². The number of nitrogens with one attached hydrogen (secondary N) is 2. The predicted molar refractivity (Wildman–Crippen MR) is 107 cm³/mol. The third kappa shape index (κ3) is 3.44. The predicted octanol–water partition coefficient (Wildman–Crippen LogP) is 2.63. The number of ketones is 1. The minimum Gasteiger partial charge on any atom is -0.505 e. The largest absolute Gasteiger partial charge is 0.505 e. The molecule has 1 atom stereocenters. The Morgan fingerprint density at radius 1 is 1.32 bits per heavy atom. The molecule has 1 aromatic rings. The maximum Gasteiger partial charge on any atom is 0.258 e. The van der Waals surface area contributed by atoms with E-state index in [9.17, 15) is 19.8 Å². The molecule has 28 heavy (non-hydrogen) atoms. The molecule has 0 saturated heterocycles. The zero-order valence-electron chi connectivity index (χ0n) is 16.3. The number of carbonyl (C=O) groups is 2. The zero-order valence-corrected chi connectivity index (χ0v) is 17.1. The number of aromatic hydroxyl groups is 1. The van der Waals surface area contributed by atoms with E-state index in [4.69, 9.17) is 11.6 Å². The third-order valence-corrected chi connectivity index (χ3v) is 6.00. The number of hydrogen-bond donors (Lipinski definition) is 4. The first-order valence-corrected chi connectivity index (χ1v) is 9.83. The van der Waals surface area contributed by atoms with Gasteiger partial charge in [0.2, 0.25) is 5.78 Å². The van der Waals surface area contributed by atoms with E-state index in [1.165, 1.54) is 17.0 Å². The summed E-state index contributed by atoms with van der Waals surface area (Å²) >= 11 is 6.09. The highest BCUT2D eigenvalue weighted by atomic mass is 35.5. The molecular formula is C20H26ClN3O4. The van der Waals surface area contributed by atoms with Gasteiger partial charge in [0.1, 0.15) is 11.3 Å². The highest BCUT2D eigenvalue weighted by molar-refractivity contribution is 6.34. The maximum atomic E-state index is 12.3. The second-order valence-corrected chi connectivity index (χ2v) is 8.07. The molecule has 2 aliphatic carbocycles. The normalized spacial score (nSPS) is 20.8. The van der Waals surface area contributed by atoms with Crippen molar-refractivity contribution in [2.75, 3.05) is 19.4 Å². The van der Waals surface area contributed by atoms with Gasteiger partial charge in [0, 0.05) is 19.6 Å². The van der Waals surface area contributed by atoms with Gasteiger partial charge in [-0.15, -0.1) is 0 Å². The summed E-state index contributed by atoms with van der Waals surface area (Å²) in [6.45, 7) is 2.08. The minimum atomic E-state index is -1.29. The van der Waals surface area contributed by atoms with Gasteiger partial charge in [-0.3, -0.25) is 9.59 Å². The first-order chi connectivity index (χ1) is 13.2. The summed E-state index contributed by atoms with van der Waals surface area (Å²) in [7, 11) is 3.12. The molecule has 1 unspecified atom stereocenters. The van der Waals surface area contributed by atoms with Crippen molar-refractivity contribution in [2.24, 2.45) is 0 Å². The van der Waals surface area contributed by atoms with Gasteiger partial charge in [0.05, 0.1) is 16.4 Å². The number of hydrogen-bond acceptors (Lipinski definition) is 6. The SMILES string of the molecule is CCC1(NC2=C(Nc3ccc(Cl)c(C(=O)N(C)C)c3O)C(O)C2=O)CCCC1. The fraction of sp³-hybridized carbons (Fsp3) is 0.500. The Labute approximate surface area is 169 Å². The first-order valence-electron chi connectivity index (χ1n) is 9.45. The fourth-order valence-corrected chi connectivity index (χ4v) is 4.08. The van der Waals surface area contributed by atoms with Crippen LogP contribution in [0.4, 0.5) is 5.69 Å². The van der Waals surface area contributed by atoms with Crippen LogP contribution in [0.1, 0.15) is 49.4 Å². The number of benzene rings is 1. The second kappa shape index (κ2) is 7.64. The molecule has 0 aliphatic heterocycles. The molecule has 0 aromatic heterocycles. The van der Waals surface area contributed by atoms with E-state index in [-0.39, 0.29) is 33.3 Å². The maximum absolute atomic E-state index is 12.3. The minimum absolute atomic E-state index is 0.0345. The lowest BCUT2D eigenvalue weighted by atomic mass is 9.88. The Morgan fingerprint density at radius 2 is 1.96 bits per heavy atom. The molecule has 4 N–H and O–H groups in total. The number of aliphatic hydroxyl groups excluding tert-OH is 1. The van der Waals surface area contributed by atoms with E-state index in [0.29, 0.717) is 11.4 Å². The monoisotopic (exact) mass is 407 g/mol. The second-order valence-electron chi connectivity index (χ2n) is 7.66. The number of Topliss-reactive ketones (excluding diaryl/α,β-unsaturated/α-hetero) is 1. The molecule has 1 amide bonds. The number of amides is 1. The first kappa shape index (κ1) is 20.5. The van der Waals surface area contributed by atoms with Crippen molar-refractivity contribution in [2.45, 2.75) is 50.7 Å². The number of aliphatic hydroxyl groups is 1. The van der Waals surface area contributed by atoms with Crippen LogP contribution in [0.25, 0.3) is 0 Å². The average molecular weight is 408 g/mol. The van der Waals surface area contributed by atoms with Gasteiger partial charge in [-0.1, -0.05) is 31.4 Å². The topological polar surface area (TPSA) is 102 Å². The molecule has 2 aliphatic rings. The molecular weight excluding hydrogens is 382 g/mol. The summed E-state index contributed by atoms with van der Waals surface area (Å²) in [6.07, 6.45) is 3.72. The number of rotatable bonds is 6. The molecule has 0 heterocycles. The van der Waals surface area contributed by atoms with E-state index in [1.807, 2.05) is 0 Å². The number of phenolic OH excluding ortho intramolecular Hbond substituents is 1. The average Bonchev–Trinajstić information content (AvgIpc) is 3.14. The van der Waals surface area contributed by atoms with E-state index < -0.39 is 12.0 Å². The van der Waals surface area contributed by atoms with Crippen LogP contribution in [-0.4, -0.2) is 52.5 Å². The molecule has 3 rings (SSSR count). The zero-order chi connectivity index (χ0) is 20.6. The summed E-state index contributed by atoms with van der Waals surface area (Å²) < 4.78 is 0. The number of halogens is 1. The molecule has 1 saturated carbocycles. The van der Waals surface area contributed by atoms with E-state index in [0.717, 1.165) is 32.1 Å². The molecule has 152 valence electrons. The number of carbonyl (C=O) groups excluding carboxylic acids is 2. The van der Waals surface area contributed by atoms with Crippen LogP contribution in [0.15, 0.2) is 23.5 Å². The van der Waals surface area contributed by atoms with Gasteiger partial charge in [0.25, 0.3) is 5.91 Å². The van der Waals surface area contributed by atoms with Crippen LogP contribution >= 0.6 is 11.6 Å². The van der Waals surface area contributed by atoms with Crippen LogP contribution < -0.4 is 10.6 Å². The van der Waals surface area contributed by atoms with Gasteiger partial charge < -0.3 is 25.7 Å². The summed E-state index contributed by atoms with van der Waals surface area (Å²) in [5.41, 5.74) is 0.656. The van der Waals surface area contributed by atoms with Crippen molar-refractivity contribution in [1.29, 1.82) is 0 Å². The fourth-order valence-electron chi connectivity index (χ4n) is 3.84. The number of nitrogens with zero attached hydrogens (tertiary/aromatic N) is 1. The van der Waals surface area contributed by atoms with Crippen molar-refractivity contribution >= 4 is 29.0 Å². The van der Waals surface area contributed by atoms with Gasteiger partial charge >= 0.3 is 0 Å². The lowest BCUT2D eigenvalue weighted by Gasteiger charge is -2.37. The lowest BCUT2D eigenvalue weighted by Crippen LogP contribution is -2.52. The Balaban J connectivity index is 1.93. The van der Waals surface area contributed by atoms with Crippen LogP contribution in [0.5, 0.6) is 5.75 Å². The summed E-state index contributed by atoms with van der Waals surface area (Å²) in [6, 6.07) is 3.00. The van der Waals surface area contributed by atoms with Crippen LogP contribution in [-0.2, 0) is 4.79 Å². The molecule has 1 fully saturated rings. The Hall–Kier alpha value is -2.25. The quantitative estimate of drug-likeness (QED) is 0.541. The highest BCUT2D eigenvalue weighted by Gasteiger charge is 2.43. The molecule has 1 aromatic carbocycles. The van der Waals surface area contributed by atoms with Crippen molar-refractivity contribution in [3.8, 4) is 5.75 Å². The standard InChI is InChI=1S/C20H26ClN3O4/c1-4-20(9-5-6-10-20)23-15-14(17(26)18(15)27)22-12-8-7-11(21)13(16(12)25)19(28)24(2)3/h7-8,17,22-23,25-26H,4-6,9-10H2,1-3H3. The van der Waals surface area contributed by atoms with Gasteiger partial charge in [-0.05, 0) is 31.4 Å². The molecule has 0 bridgehead atoms. The van der Waals surface area contributed by atoms with Crippen LogP contribution in [0.3, 0.4) is 0 Å². The Bertz CT molecular complexity index is 844. The third-order valence-electron chi connectivity index (χ3n) is 5.68. The number of phenols is 1. The van der Waals surface area contributed by atoms with Crippen LogP contribution in [0, 0.1) is 0 Å². The Kier molecular flexibility index (Phi) is 5.59. The molecule has 7 nitrogen and oxygen atoms in total. The molecule has 0 spiro atoms. The Morgan fingerprint density at radius 3 is 2.54 bits per heavy atom. The lowest BCUT2D eigenvalue weighted by molar-refractivity contribution is -0.125. The molecule has 0 radical (unpaired) electrons. The van der Waals surface area contributed by atoms with Gasteiger partial charge in [0.15, 0.2) is 11.9 Å². The van der Waals surface area contributed by atoms with E-state index in [2.05, 4.69) is 17.6 Å². The van der Waals surface area contributed by atoms with Gasteiger partial charge in [-0.2, -0.15) is 0 Å². The van der Waals surface area contributed by atoms with Crippen LogP contribution in [0.2, 0.25) is 5.02 Å². The van der Waals surface area contributed by atoms with Crippen molar-refractivity contribution in [3.05, 3.63) is 34.1 Å². The van der Waals surface area contributed by atoms with E-state index in [1.54, 1.807) is 14.1 Å². The number of anilines is 1. The molecule has 8 heteroatoms. The van der Waals surface area contributed by atoms with Crippen molar-refractivity contribution in [1.82, 2.24) is 10.2 Å². The smallest absolute Gasteiger partial charge is 0.258 e. The van der Waals surface area contributed by atoms with Crippen molar-refractivity contribution < 1.29 is 19.8 Å².